The molecule has 9 rings (SSSR count). The summed E-state index contributed by atoms with van der Waals surface area (Å²) in [6.07, 6.45) is 3.69. The Labute approximate surface area is 384 Å². The van der Waals surface area contributed by atoms with E-state index in [2.05, 4.69) is 39.8 Å². The van der Waals surface area contributed by atoms with E-state index in [1.807, 2.05) is 81.1 Å². The van der Waals surface area contributed by atoms with Crippen LogP contribution in [0.4, 0.5) is 18.4 Å². The summed E-state index contributed by atoms with van der Waals surface area (Å²) in [5.74, 6) is -3.41. The predicted molar refractivity (Wildman–Crippen MR) is 249 cm³/mol. The Morgan fingerprint density at radius 1 is 0.758 bits per heavy atom. The molecule has 5 aromatic rings. The quantitative estimate of drug-likeness (QED) is 0.0896. The van der Waals surface area contributed by atoms with Gasteiger partial charge < -0.3 is 39.9 Å². The molecule has 2 aliphatic carbocycles. The van der Waals surface area contributed by atoms with Gasteiger partial charge in [0.1, 0.15) is 34.9 Å². The summed E-state index contributed by atoms with van der Waals surface area (Å²) in [7, 11) is -1.81. The zero-order valence-corrected chi connectivity index (χ0v) is 39.9. The molecule has 4 heterocycles. The number of H-pyrrole nitrogens is 2. The Hall–Kier alpha value is -5.84. The molecule has 0 unspecified atom stereocenters. The van der Waals surface area contributed by atoms with E-state index in [4.69, 9.17) is 19.4 Å². The van der Waals surface area contributed by atoms with E-state index >= 15 is 8.78 Å². The highest BCUT2D eigenvalue weighted by Gasteiger charge is 2.51. The molecule has 2 saturated heterocycles. The van der Waals surface area contributed by atoms with Crippen molar-refractivity contribution < 1.29 is 37.4 Å². The molecule has 66 heavy (non-hydrogen) atoms. The van der Waals surface area contributed by atoms with Crippen molar-refractivity contribution in [3.63, 3.8) is 0 Å². The zero-order valence-electron chi connectivity index (χ0n) is 38.9. The van der Waals surface area contributed by atoms with Gasteiger partial charge in [0.2, 0.25) is 11.8 Å². The molecular weight excluding hydrogens is 863 g/mol. The number of halogens is 2. The number of nitrogens with zero attached hydrogens (tertiary/aromatic N) is 4. The topological polar surface area (TPSA) is 175 Å². The fourth-order valence-corrected chi connectivity index (χ4v) is 12.3. The summed E-state index contributed by atoms with van der Waals surface area (Å²) in [5.41, 5.74) is 3.98. The smallest absolute Gasteiger partial charge is 0.408 e. The first-order chi connectivity index (χ1) is 31.1. The van der Waals surface area contributed by atoms with Crippen molar-refractivity contribution in [2.75, 3.05) is 12.7 Å². The summed E-state index contributed by atoms with van der Waals surface area (Å²) in [4.78, 5) is 73.0. The number of nitrogens with one attached hydrogen (secondary N) is 4. The Balaban J connectivity index is 0.908. The van der Waals surface area contributed by atoms with Gasteiger partial charge in [-0.05, 0) is 91.6 Å². The monoisotopic (exact) mass is 922 g/mol. The number of aromatic nitrogens is 4. The zero-order chi connectivity index (χ0) is 47.1. The highest BCUT2D eigenvalue weighted by atomic mass is 28.3. The molecule has 0 spiro atoms. The molecule has 350 valence electrons. The number of fused-ring (bicyclic) bond motifs is 3. The molecule has 4 aliphatic rings. The predicted octanol–water partition coefficient (Wildman–Crippen LogP) is 9.42. The van der Waals surface area contributed by atoms with Gasteiger partial charge in [0.25, 0.3) is 5.92 Å². The number of amides is 4. The minimum absolute atomic E-state index is 0.123. The number of benzene rings is 3. The van der Waals surface area contributed by atoms with Crippen LogP contribution in [-0.2, 0) is 19.1 Å². The van der Waals surface area contributed by atoms with Gasteiger partial charge in [0.05, 0.1) is 49.6 Å². The molecule has 4 amide bonds. The number of hydrogen-bond acceptors (Lipinski definition) is 8. The van der Waals surface area contributed by atoms with Gasteiger partial charge in [-0.3, -0.25) is 9.59 Å². The number of hydrogen-bond donors (Lipinski definition) is 4. The van der Waals surface area contributed by atoms with Crippen LogP contribution in [0.5, 0.6) is 0 Å². The Bertz CT molecular complexity index is 2710. The lowest BCUT2D eigenvalue weighted by atomic mass is 9.99. The van der Waals surface area contributed by atoms with Crippen LogP contribution in [0.25, 0.3) is 44.2 Å². The fourth-order valence-electron chi connectivity index (χ4n) is 9.39. The normalized spacial score (nSPS) is 22.1. The maximum Gasteiger partial charge on any atom is 0.408 e. The number of likely N-dealkylation sites (tertiary alicyclic amines) is 1. The van der Waals surface area contributed by atoms with Crippen molar-refractivity contribution in [3.8, 4) is 22.4 Å². The van der Waals surface area contributed by atoms with Crippen molar-refractivity contribution >= 4 is 53.9 Å². The largest absolute Gasteiger partial charge is 0.443 e. The van der Waals surface area contributed by atoms with E-state index < -0.39 is 74.4 Å². The number of carbonyl (C=O) groups is 4. The fraction of sp³-hybridized carbons (Fsp3) is 0.510. The highest BCUT2D eigenvalue weighted by molar-refractivity contribution is 6.78. The molecule has 3 aromatic carbocycles. The van der Waals surface area contributed by atoms with Crippen LogP contribution >= 0.6 is 0 Å². The van der Waals surface area contributed by atoms with Crippen LogP contribution < -0.4 is 10.6 Å². The second-order valence-corrected chi connectivity index (χ2v) is 26.1. The summed E-state index contributed by atoms with van der Waals surface area (Å²) in [6.45, 7) is 14.9. The van der Waals surface area contributed by atoms with Crippen LogP contribution in [0, 0.1) is 11.8 Å². The van der Waals surface area contributed by atoms with Crippen LogP contribution in [0.2, 0.25) is 19.1 Å². The van der Waals surface area contributed by atoms with E-state index in [0.717, 1.165) is 75.6 Å². The minimum atomic E-state index is -3.15. The Morgan fingerprint density at radius 2 is 1.33 bits per heavy atom. The summed E-state index contributed by atoms with van der Waals surface area (Å²) >= 11 is 0. The van der Waals surface area contributed by atoms with Gasteiger partial charge in [0.15, 0.2) is 0 Å². The van der Waals surface area contributed by atoms with Gasteiger partial charge in [-0.2, -0.15) is 0 Å². The average molecular weight is 923 g/mol. The third-order valence-corrected chi connectivity index (χ3v) is 16.5. The summed E-state index contributed by atoms with van der Waals surface area (Å²) in [6, 6.07) is 15.8. The van der Waals surface area contributed by atoms with E-state index in [1.54, 1.807) is 20.0 Å². The highest BCUT2D eigenvalue weighted by Crippen LogP contribution is 2.44. The first-order valence-electron chi connectivity index (χ1n) is 23.1. The van der Waals surface area contributed by atoms with Gasteiger partial charge in [-0.1, -0.05) is 83.3 Å². The molecule has 14 nitrogen and oxygen atoms in total. The van der Waals surface area contributed by atoms with Crippen molar-refractivity contribution in [2.24, 2.45) is 11.8 Å². The molecule has 0 bridgehead atoms. The number of carbonyl (C=O) groups excluding carboxylic acids is 4. The van der Waals surface area contributed by atoms with Gasteiger partial charge in [-0.15, -0.1) is 0 Å². The van der Waals surface area contributed by atoms with Crippen LogP contribution in [0.3, 0.4) is 0 Å². The number of aromatic amines is 2. The maximum atomic E-state index is 15.2. The minimum Gasteiger partial charge on any atom is -0.443 e. The third-order valence-electron chi connectivity index (χ3n) is 13.8. The standard InChI is InChI=1S/C49H60F2N8O6Si/c1-27(2)38(56-45(62)64-47(5)17-18-47)43(60)58-25-49(50,51)22-36(58)42-53-34-16-14-32-21-31(13-15-33(32)40(34)55-42)29-9-11-30(12-10-29)35-23-52-41(54-35)37-24-66(7,8)26-59(37)44(61)39(28(3)4)57-46(63)65-48(6)19-20-48/h9-16,21,23,27-28,36-39H,17-20,22,24-26H2,1-8H3,(H,52,54)(H,53,55)(H,56,62)(H,57,63)/t36-,37-,38-,39-/m0/s1. The number of alkyl carbamates (subject to hydrolysis) is 2. The number of imidazole rings is 2. The summed E-state index contributed by atoms with van der Waals surface area (Å²) in [5, 5.41) is 7.25. The van der Waals surface area contributed by atoms with Crippen molar-refractivity contribution in [1.29, 1.82) is 0 Å². The van der Waals surface area contributed by atoms with Crippen molar-refractivity contribution in [1.82, 2.24) is 40.4 Å². The molecule has 2 saturated carbocycles. The maximum absolute atomic E-state index is 15.2. The van der Waals surface area contributed by atoms with Gasteiger partial charge in [0, 0.05) is 18.0 Å². The van der Waals surface area contributed by atoms with Crippen LogP contribution in [0.15, 0.2) is 60.8 Å². The van der Waals surface area contributed by atoms with Crippen molar-refractivity contribution in [3.05, 3.63) is 72.4 Å². The van der Waals surface area contributed by atoms with Gasteiger partial charge >= 0.3 is 12.2 Å². The van der Waals surface area contributed by atoms with Crippen LogP contribution in [-0.4, -0.2) is 104 Å². The van der Waals surface area contributed by atoms with Crippen molar-refractivity contribution in [2.45, 2.75) is 134 Å². The second kappa shape index (κ2) is 16.5. The lowest BCUT2D eigenvalue weighted by molar-refractivity contribution is -0.137. The average Bonchev–Trinajstić information content (AvgIpc) is 3.82. The molecule has 4 N–H and O–H groups in total. The van der Waals surface area contributed by atoms with E-state index in [-0.39, 0.29) is 29.6 Å². The number of ether oxygens (including phenoxy) is 2. The molecule has 0 radical (unpaired) electrons. The second-order valence-electron chi connectivity index (χ2n) is 21.1. The third kappa shape index (κ3) is 9.27. The van der Waals surface area contributed by atoms with E-state index in [1.165, 1.54) is 0 Å². The lowest BCUT2D eigenvalue weighted by Crippen LogP contribution is -2.52. The summed E-state index contributed by atoms with van der Waals surface area (Å²) < 4.78 is 41.4. The number of rotatable bonds is 12. The Kier molecular flexibility index (Phi) is 11.3. The molecular formula is C49H60F2N8O6Si. The molecule has 4 atom stereocenters. The first-order valence-corrected chi connectivity index (χ1v) is 26.6. The SMILES string of the molecule is CC(C)[C@H](NC(=O)OC1(C)CC1)C(=O)N1C[Si](C)(C)C[C@H]1c1ncc(-c2ccc(-c3ccc4c(ccc5[nH]c([C@@H]6CC(F)(F)CN6C(=O)[C@@H](NC(=O)OC6(C)CC6)C(C)C)nc54)c3)cc2)[nH]1. The molecule has 2 aliphatic heterocycles. The van der Waals surface area contributed by atoms with Gasteiger partial charge in [-0.25, -0.2) is 28.3 Å². The number of alkyl halides is 2. The van der Waals surface area contributed by atoms with Crippen LogP contribution in [0.1, 0.15) is 97.4 Å². The molecule has 4 fully saturated rings. The molecule has 2 aromatic heterocycles. The van der Waals surface area contributed by atoms with E-state index in [0.29, 0.717) is 17.2 Å². The Morgan fingerprint density at radius 3 is 1.92 bits per heavy atom. The molecule has 17 heteroatoms. The lowest BCUT2D eigenvalue weighted by Gasteiger charge is -2.31. The first kappa shape index (κ1) is 45.3. The van der Waals surface area contributed by atoms with E-state index in [9.17, 15) is 19.2 Å².